The molecule has 0 aromatic heterocycles. The van der Waals surface area contributed by atoms with E-state index in [9.17, 15) is 9.90 Å². The van der Waals surface area contributed by atoms with Gasteiger partial charge in [0.2, 0.25) is 0 Å². The maximum Gasteiger partial charge on any atom is 0.155 e. The topological polar surface area (TPSA) is 37.3 Å². The van der Waals surface area contributed by atoms with E-state index in [1.54, 1.807) is 0 Å². The van der Waals surface area contributed by atoms with Crippen molar-refractivity contribution in [3.63, 3.8) is 0 Å². The van der Waals surface area contributed by atoms with E-state index in [1.807, 2.05) is 6.08 Å². The van der Waals surface area contributed by atoms with Crippen molar-refractivity contribution in [2.45, 2.75) is 64.4 Å². The Morgan fingerprint density at radius 2 is 2.09 bits per heavy atom. The van der Waals surface area contributed by atoms with Gasteiger partial charge in [-0.25, -0.2) is 0 Å². The predicted molar refractivity (Wildman–Crippen MR) is 87.2 cm³/mol. The van der Waals surface area contributed by atoms with Crippen molar-refractivity contribution in [2.75, 3.05) is 0 Å². The van der Waals surface area contributed by atoms with Gasteiger partial charge in [-0.15, -0.1) is 0 Å². The molecule has 4 aliphatic rings. The van der Waals surface area contributed by atoms with Crippen LogP contribution in [0.1, 0.15) is 58.3 Å². The summed E-state index contributed by atoms with van der Waals surface area (Å²) in [6.07, 6.45) is 10.1. The number of hydrogen-bond donors (Lipinski definition) is 1. The van der Waals surface area contributed by atoms with Gasteiger partial charge in [0, 0.05) is 11.8 Å². The van der Waals surface area contributed by atoms with Crippen LogP contribution < -0.4 is 0 Å². The molecule has 0 aromatic carbocycles. The molecule has 0 bridgehead atoms. The zero-order chi connectivity index (χ0) is 15.5. The number of aliphatic hydroxyl groups excluding tert-OH is 1. The fourth-order valence-electron chi connectivity index (χ4n) is 6.60. The molecule has 3 fully saturated rings. The second-order valence-corrected chi connectivity index (χ2v) is 8.18. The first-order chi connectivity index (χ1) is 10.6. The fraction of sp³-hybridized carbons (Fsp3) is 0.750. The number of carbonyl (C=O) groups is 1. The Labute approximate surface area is 133 Å². The average Bonchev–Trinajstić information content (AvgIpc) is 2.84. The van der Waals surface area contributed by atoms with Gasteiger partial charge in [0.25, 0.3) is 0 Å². The van der Waals surface area contributed by atoms with Crippen LogP contribution in [-0.2, 0) is 4.79 Å². The molecule has 0 amide bonds. The van der Waals surface area contributed by atoms with Crippen LogP contribution in [0, 0.1) is 29.1 Å². The van der Waals surface area contributed by atoms with Gasteiger partial charge in [0.1, 0.15) is 0 Å². The van der Waals surface area contributed by atoms with Crippen LogP contribution in [0.5, 0.6) is 0 Å². The predicted octanol–water partition coefficient (Wildman–Crippen LogP) is 4.05. The maximum absolute atomic E-state index is 11.8. The summed E-state index contributed by atoms with van der Waals surface area (Å²) in [5.41, 5.74) is 2.87. The third-order valence-corrected chi connectivity index (χ3v) is 7.54. The SMILES string of the molecule is C=C1CC2(CC)[C@@H](O)CC[C@H]2[C@@H]2CCC3=CC(=O)CC[C@@H]3[C@@H]12. The summed E-state index contributed by atoms with van der Waals surface area (Å²) in [5.74, 6) is 2.82. The lowest BCUT2D eigenvalue weighted by molar-refractivity contribution is -0.115. The number of carbonyl (C=O) groups excluding carboxylic acids is 1. The summed E-state index contributed by atoms with van der Waals surface area (Å²) < 4.78 is 0. The summed E-state index contributed by atoms with van der Waals surface area (Å²) in [6.45, 7) is 6.73. The monoisotopic (exact) mass is 300 g/mol. The first-order valence-corrected chi connectivity index (χ1v) is 9.16. The number of ketones is 1. The quantitative estimate of drug-likeness (QED) is 0.742. The summed E-state index contributed by atoms with van der Waals surface area (Å²) in [4.78, 5) is 11.8. The highest BCUT2D eigenvalue weighted by molar-refractivity contribution is 5.91. The lowest BCUT2D eigenvalue weighted by Crippen LogP contribution is -2.49. The number of rotatable bonds is 1. The Morgan fingerprint density at radius 3 is 2.86 bits per heavy atom. The number of hydrogen-bond acceptors (Lipinski definition) is 2. The molecule has 0 aliphatic heterocycles. The second kappa shape index (κ2) is 5.06. The van der Waals surface area contributed by atoms with Crippen molar-refractivity contribution in [3.8, 4) is 0 Å². The maximum atomic E-state index is 11.8. The van der Waals surface area contributed by atoms with Crippen LogP contribution in [-0.4, -0.2) is 17.0 Å². The van der Waals surface area contributed by atoms with Crippen molar-refractivity contribution >= 4 is 5.78 Å². The fourth-order valence-corrected chi connectivity index (χ4v) is 6.60. The van der Waals surface area contributed by atoms with E-state index < -0.39 is 0 Å². The molecule has 0 radical (unpaired) electrons. The number of allylic oxidation sites excluding steroid dienone is 2. The Bertz CT molecular complexity index is 546. The molecule has 6 atom stereocenters. The summed E-state index contributed by atoms with van der Waals surface area (Å²) in [7, 11) is 0. The van der Waals surface area contributed by atoms with Crippen LogP contribution in [0.4, 0.5) is 0 Å². The van der Waals surface area contributed by atoms with Crippen molar-refractivity contribution in [3.05, 3.63) is 23.8 Å². The minimum Gasteiger partial charge on any atom is -0.393 e. The largest absolute Gasteiger partial charge is 0.393 e. The highest BCUT2D eigenvalue weighted by Gasteiger charge is 2.58. The van der Waals surface area contributed by atoms with Crippen LogP contribution in [0.2, 0.25) is 0 Å². The summed E-state index contributed by atoms with van der Waals surface area (Å²) in [6, 6.07) is 0. The molecule has 2 heteroatoms. The van der Waals surface area contributed by atoms with E-state index in [0.29, 0.717) is 29.5 Å². The van der Waals surface area contributed by atoms with Gasteiger partial charge in [-0.3, -0.25) is 4.79 Å². The third-order valence-electron chi connectivity index (χ3n) is 7.54. The lowest BCUT2D eigenvalue weighted by Gasteiger charge is -2.55. The first kappa shape index (κ1) is 14.7. The standard InChI is InChI=1S/C20H28O2/c1-3-20-11-12(2)19-15-7-5-14(21)10-13(15)4-6-16(19)17(20)8-9-18(20)22/h10,15-19,22H,2-9,11H2,1H3/t15-,16-,17-,18-,19+,20?/m0/s1. The Hall–Kier alpha value is -0.890. The third kappa shape index (κ3) is 1.86. The minimum atomic E-state index is -0.134. The molecule has 2 nitrogen and oxygen atoms in total. The van der Waals surface area contributed by atoms with Crippen LogP contribution in [0.3, 0.4) is 0 Å². The van der Waals surface area contributed by atoms with E-state index in [1.165, 1.54) is 24.0 Å². The molecule has 4 aliphatic carbocycles. The highest BCUT2D eigenvalue weighted by atomic mass is 16.3. The molecular weight excluding hydrogens is 272 g/mol. The molecule has 0 spiro atoms. The Kier molecular flexibility index (Phi) is 3.38. The van der Waals surface area contributed by atoms with E-state index in [4.69, 9.17) is 0 Å². The van der Waals surface area contributed by atoms with Gasteiger partial charge >= 0.3 is 0 Å². The van der Waals surface area contributed by atoms with Crippen LogP contribution >= 0.6 is 0 Å². The minimum absolute atomic E-state index is 0.101. The molecule has 3 saturated carbocycles. The van der Waals surface area contributed by atoms with Crippen molar-refractivity contribution in [1.29, 1.82) is 0 Å². The van der Waals surface area contributed by atoms with Crippen molar-refractivity contribution in [2.24, 2.45) is 29.1 Å². The van der Waals surface area contributed by atoms with Crippen molar-refractivity contribution < 1.29 is 9.90 Å². The Morgan fingerprint density at radius 1 is 1.27 bits per heavy atom. The summed E-state index contributed by atoms with van der Waals surface area (Å²) in [5, 5.41) is 10.7. The van der Waals surface area contributed by atoms with Gasteiger partial charge in [-0.1, -0.05) is 24.6 Å². The first-order valence-electron chi connectivity index (χ1n) is 9.16. The molecule has 4 rings (SSSR count). The molecule has 22 heavy (non-hydrogen) atoms. The second-order valence-electron chi connectivity index (χ2n) is 8.18. The molecule has 0 aromatic rings. The van der Waals surface area contributed by atoms with E-state index in [0.717, 1.165) is 38.5 Å². The Balaban J connectivity index is 1.70. The molecule has 0 heterocycles. The average molecular weight is 300 g/mol. The smallest absolute Gasteiger partial charge is 0.155 e. The zero-order valence-electron chi connectivity index (χ0n) is 13.7. The van der Waals surface area contributed by atoms with Gasteiger partial charge in [0.05, 0.1) is 6.10 Å². The van der Waals surface area contributed by atoms with Gasteiger partial charge in [-0.2, -0.15) is 0 Å². The van der Waals surface area contributed by atoms with E-state index >= 15 is 0 Å². The number of aliphatic hydroxyl groups is 1. The zero-order valence-corrected chi connectivity index (χ0v) is 13.7. The molecule has 1 unspecified atom stereocenters. The molecular formula is C20H28O2. The highest BCUT2D eigenvalue weighted by Crippen LogP contribution is 2.64. The van der Waals surface area contributed by atoms with Gasteiger partial charge in [-0.05, 0) is 74.7 Å². The number of fused-ring (bicyclic) bond motifs is 5. The van der Waals surface area contributed by atoms with Gasteiger partial charge < -0.3 is 5.11 Å². The van der Waals surface area contributed by atoms with Crippen LogP contribution in [0.25, 0.3) is 0 Å². The molecule has 0 saturated heterocycles. The summed E-state index contributed by atoms with van der Waals surface area (Å²) >= 11 is 0. The van der Waals surface area contributed by atoms with E-state index in [-0.39, 0.29) is 11.5 Å². The molecule has 1 N–H and O–H groups in total. The van der Waals surface area contributed by atoms with Crippen LogP contribution in [0.15, 0.2) is 23.8 Å². The van der Waals surface area contributed by atoms with E-state index in [2.05, 4.69) is 13.5 Å². The normalized spacial score (nSPS) is 47.5. The van der Waals surface area contributed by atoms with Gasteiger partial charge in [0.15, 0.2) is 5.78 Å². The molecule has 120 valence electrons. The van der Waals surface area contributed by atoms with Crippen molar-refractivity contribution in [1.82, 2.24) is 0 Å². The lowest BCUT2D eigenvalue weighted by atomic mass is 9.50.